The fourth-order valence-corrected chi connectivity index (χ4v) is 3.18. The van der Waals surface area contributed by atoms with E-state index in [4.69, 9.17) is 5.11 Å². The average molecular weight is 363 g/mol. The van der Waals surface area contributed by atoms with Gasteiger partial charge in [-0.3, -0.25) is 19.1 Å². The van der Waals surface area contributed by atoms with Gasteiger partial charge < -0.3 is 20.3 Å². The molecule has 1 unspecified atom stereocenters. The maximum atomic E-state index is 12.4. The Bertz CT molecular complexity index is 912. The summed E-state index contributed by atoms with van der Waals surface area (Å²) >= 11 is 0. The smallest absolute Gasteiger partial charge is 0.305 e. The zero-order valence-corrected chi connectivity index (χ0v) is 14.7. The van der Waals surface area contributed by atoms with Gasteiger partial charge in [-0.15, -0.1) is 0 Å². The van der Waals surface area contributed by atoms with Crippen molar-refractivity contribution in [2.24, 2.45) is 0 Å². The third-order valence-corrected chi connectivity index (χ3v) is 4.24. The monoisotopic (exact) mass is 363 g/mol. The molecule has 2 rings (SSSR count). The number of hydrogen-bond donors (Lipinski definition) is 4. The van der Waals surface area contributed by atoms with Crippen LogP contribution in [0.25, 0.3) is 0 Å². The number of H-pyrrole nitrogens is 1. The van der Waals surface area contributed by atoms with Crippen molar-refractivity contribution in [1.29, 1.82) is 0 Å². The van der Waals surface area contributed by atoms with Crippen LogP contribution in [0.3, 0.4) is 0 Å². The van der Waals surface area contributed by atoms with Gasteiger partial charge in [0.1, 0.15) is 5.75 Å². The maximum absolute atomic E-state index is 12.4. The minimum Gasteiger partial charge on any atom is -0.507 e. The summed E-state index contributed by atoms with van der Waals surface area (Å²) in [6.45, 7) is 5.08. The molecule has 0 aromatic carbocycles. The van der Waals surface area contributed by atoms with E-state index in [-0.39, 0.29) is 24.3 Å². The molecule has 140 valence electrons. The van der Waals surface area contributed by atoms with E-state index < -0.39 is 29.8 Å². The van der Waals surface area contributed by atoms with E-state index in [9.17, 15) is 24.6 Å². The highest BCUT2D eigenvalue weighted by molar-refractivity contribution is 5.70. The summed E-state index contributed by atoms with van der Waals surface area (Å²) in [7, 11) is 0. The molecule has 0 amide bonds. The highest BCUT2D eigenvalue weighted by atomic mass is 16.4. The lowest BCUT2D eigenvalue weighted by molar-refractivity contribution is -0.138. The number of nitrogens with zero attached hydrogens (tertiary/aromatic N) is 2. The molecule has 0 radical (unpaired) electrons. The topological polar surface area (TPSA) is 146 Å². The van der Waals surface area contributed by atoms with Crippen LogP contribution in [0.15, 0.2) is 10.9 Å². The van der Waals surface area contributed by atoms with E-state index >= 15 is 0 Å². The molecule has 0 spiro atoms. The second-order valence-corrected chi connectivity index (χ2v) is 6.18. The molecule has 2 aromatic rings. The summed E-state index contributed by atoms with van der Waals surface area (Å²) in [5.41, 5.74) is 1.40. The van der Waals surface area contributed by atoms with E-state index in [1.807, 2.05) is 0 Å². The van der Waals surface area contributed by atoms with Gasteiger partial charge >= 0.3 is 11.9 Å². The first-order valence-corrected chi connectivity index (χ1v) is 8.02. The summed E-state index contributed by atoms with van der Waals surface area (Å²) in [5.74, 6) is -3.30. The molecule has 0 fully saturated rings. The first kappa shape index (κ1) is 19.2. The zero-order chi connectivity index (χ0) is 19.6. The van der Waals surface area contributed by atoms with Crippen LogP contribution in [0.1, 0.15) is 47.0 Å². The minimum absolute atomic E-state index is 0.0398. The molecule has 2 heterocycles. The van der Waals surface area contributed by atoms with Gasteiger partial charge in [0.15, 0.2) is 0 Å². The van der Waals surface area contributed by atoms with Gasteiger partial charge in [0.2, 0.25) is 0 Å². The van der Waals surface area contributed by atoms with E-state index in [1.165, 1.54) is 10.7 Å². The molecule has 9 heteroatoms. The standard InChI is InChI=1S/C17H21N3O6/c1-8-6-12(21)16(17(26)18-8)11(7-14(24)25)15-9(2)19-20(10(15)3)5-4-13(22)23/h6,11H,4-5,7H2,1-3H3,(H,22,23)(H,24,25)(H2,18,21,26). The van der Waals surface area contributed by atoms with E-state index in [1.54, 1.807) is 20.8 Å². The van der Waals surface area contributed by atoms with Crippen molar-refractivity contribution in [1.82, 2.24) is 14.8 Å². The number of nitrogens with one attached hydrogen (secondary N) is 1. The highest BCUT2D eigenvalue weighted by Crippen LogP contribution is 2.35. The summed E-state index contributed by atoms with van der Waals surface area (Å²) in [5, 5.41) is 32.7. The van der Waals surface area contributed by atoms with Gasteiger partial charge in [0, 0.05) is 22.9 Å². The summed E-state index contributed by atoms with van der Waals surface area (Å²) < 4.78 is 1.48. The third-order valence-electron chi connectivity index (χ3n) is 4.24. The number of aromatic hydroxyl groups is 1. The Morgan fingerprint density at radius 3 is 2.38 bits per heavy atom. The number of aromatic amines is 1. The predicted molar refractivity (Wildman–Crippen MR) is 91.5 cm³/mol. The first-order chi connectivity index (χ1) is 12.1. The van der Waals surface area contributed by atoms with Gasteiger partial charge in [0.25, 0.3) is 5.56 Å². The van der Waals surface area contributed by atoms with Crippen molar-refractivity contribution in [3.05, 3.63) is 44.6 Å². The Hall–Kier alpha value is -3.10. The quantitative estimate of drug-likeness (QED) is 0.579. The van der Waals surface area contributed by atoms with E-state index in [0.717, 1.165) is 0 Å². The molecular formula is C17H21N3O6. The molecule has 26 heavy (non-hydrogen) atoms. The number of aromatic nitrogens is 3. The Balaban J connectivity index is 2.61. The van der Waals surface area contributed by atoms with Gasteiger partial charge in [0.05, 0.1) is 30.6 Å². The summed E-state index contributed by atoms with van der Waals surface area (Å²) in [6, 6.07) is 1.37. The van der Waals surface area contributed by atoms with Crippen molar-refractivity contribution in [2.45, 2.75) is 46.1 Å². The fourth-order valence-electron chi connectivity index (χ4n) is 3.18. The molecule has 0 saturated carbocycles. The number of carboxylic acid groups (broad SMARTS) is 2. The van der Waals surface area contributed by atoms with Gasteiger partial charge in [-0.1, -0.05) is 0 Å². The lowest BCUT2D eigenvalue weighted by Gasteiger charge is -2.17. The summed E-state index contributed by atoms with van der Waals surface area (Å²) in [6.07, 6.45) is -0.548. The lowest BCUT2D eigenvalue weighted by Crippen LogP contribution is -2.21. The van der Waals surface area contributed by atoms with Gasteiger partial charge in [-0.2, -0.15) is 5.10 Å². The third kappa shape index (κ3) is 3.93. The van der Waals surface area contributed by atoms with Crippen LogP contribution in [0.4, 0.5) is 0 Å². The Morgan fingerprint density at radius 2 is 1.85 bits per heavy atom. The molecule has 2 aromatic heterocycles. The first-order valence-electron chi connectivity index (χ1n) is 8.02. The number of aryl methyl sites for hydroxylation is 3. The molecule has 0 bridgehead atoms. The lowest BCUT2D eigenvalue weighted by atomic mass is 9.87. The zero-order valence-electron chi connectivity index (χ0n) is 14.7. The van der Waals surface area contributed by atoms with E-state index in [2.05, 4.69) is 10.1 Å². The normalized spacial score (nSPS) is 12.1. The molecule has 0 saturated heterocycles. The number of carbonyl (C=O) groups is 2. The molecule has 4 N–H and O–H groups in total. The van der Waals surface area contributed by atoms with Crippen molar-refractivity contribution < 1.29 is 24.9 Å². The average Bonchev–Trinajstić information content (AvgIpc) is 2.77. The van der Waals surface area contributed by atoms with Crippen LogP contribution in [-0.4, -0.2) is 42.0 Å². The molecule has 1 atom stereocenters. The predicted octanol–water partition coefficient (Wildman–Crippen LogP) is 1.28. The molecule has 0 aliphatic heterocycles. The maximum Gasteiger partial charge on any atom is 0.305 e. The molecular weight excluding hydrogens is 342 g/mol. The Labute approximate surface area is 148 Å². The minimum atomic E-state index is -1.13. The van der Waals surface area contributed by atoms with Crippen LogP contribution in [-0.2, 0) is 16.1 Å². The molecule has 0 aliphatic carbocycles. The van der Waals surface area contributed by atoms with Crippen LogP contribution in [0, 0.1) is 20.8 Å². The van der Waals surface area contributed by atoms with Gasteiger partial charge in [-0.25, -0.2) is 0 Å². The summed E-state index contributed by atoms with van der Waals surface area (Å²) in [4.78, 5) is 37.2. The van der Waals surface area contributed by atoms with Crippen molar-refractivity contribution in [3.63, 3.8) is 0 Å². The molecule has 9 nitrogen and oxygen atoms in total. The van der Waals surface area contributed by atoms with Crippen molar-refractivity contribution in [3.8, 4) is 5.75 Å². The second-order valence-electron chi connectivity index (χ2n) is 6.18. The second kappa shape index (κ2) is 7.42. The van der Waals surface area contributed by atoms with Crippen molar-refractivity contribution >= 4 is 11.9 Å². The van der Waals surface area contributed by atoms with Crippen LogP contribution < -0.4 is 5.56 Å². The van der Waals surface area contributed by atoms with E-state index in [0.29, 0.717) is 22.6 Å². The van der Waals surface area contributed by atoms with Crippen molar-refractivity contribution in [2.75, 3.05) is 0 Å². The Kier molecular flexibility index (Phi) is 5.49. The number of aliphatic carboxylic acids is 2. The van der Waals surface area contributed by atoms with Crippen LogP contribution >= 0.6 is 0 Å². The fraction of sp³-hybridized carbons (Fsp3) is 0.412. The molecule has 0 aliphatic rings. The number of hydrogen-bond acceptors (Lipinski definition) is 5. The Morgan fingerprint density at radius 1 is 1.19 bits per heavy atom. The SMILES string of the molecule is Cc1cc(O)c(C(CC(=O)O)c2c(C)nn(CCC(=O)O)c2C)c(=O)[nH]1. The van der Waals surface area contributed by atoms with Gasteiger partial charge in [-0.05, 0) is 26.8 Å². The number of pyridine rings is 1. The number of rotatable bonds is 7. The van der Waals surface area contributed by atoms with Crippen LogP contribution in [0.2, 0.25) is 0 Å². The number of carboxylic acids is 2. The van der Waals surface area contributed by atoms with Crippen LogP contribution in [0.5, 0.6) is 5.75 Å². The highest BCUT2D eigenvalue weighted by Gasteiger charge is 2.29. The largest absolute Gasteiger partial charge is 0.507 e.